The molecule has 22 heavy (non-hydrogen) atoms. The van der Waals surface area contributed by atoms with Crippen molar-refractivity contribution in [2.24, 2.45) is 0 Å². The van der Waals surface area contributed by atoms with Crippen molar-refractivity contribution in [3.63, 3.8) is 0 Å². The molecule has 1 aliphatic carbocycles. The fraction of sp³-hybridized carbons (Fsp3) is 0.474. The van der Waals surface area contributed by atoms with Gasteiger partial charge in [-0.1, -0.05) is 42.5 Å². The zero-order chi connectivity index (χ0) is 14.8. The molecular formula is C19H24N2O. The van der Waals surface area contributed by atoms with E-state index < -0.39 is 0 Å². The summed E-state index contributed by atoms with van der Waals surface area (Å²) in [5, 5.41) is 6.26. The van der Waals surface area contributed by atoms with Crippen molar-refractivity contribution in [1.29, 1.82) is 0 Å². The summed E-state index contributed by atoms with van der Waals surface area (Å²) < 4.78 is 5.91. The lowest BCUT2D eigenvalue weighted by Gasteiger charge is -2.33. The maximum absolute atomic E-state index is 5.91. The first-order valence-electron chi connectivity index (χ1n) is 8.43. The molecule has 2 aromatic carbocycles. The summed E-state index contributed by atoms with van der Waals surface area (Å²) in [6.07, 6.45) is 3.11. The number of rotatable bonds is 5. The number of benzene rings is 2. The van der Waals surface area contributed by atoms with Crippen molar-refractivity contribution in [2.45, 2.75) is 31.5 Å². The highest BCUT2D eigenvalue weighted by molar-refractivity contribution is 5.85. The van der Waals surface area contributed by atoms with Crippen molar-refractivity contribution < 1.29 is 4.74 Å². The fourth-order valence-electron chi connectivity index (χ4n) is 3.45. The molecular weight excluding hydrogens is 272 g/mol. The predicted molar refractivity (Wildman–Crippen MR) is 90.0 cm³/mol. The van der Waals surface area contributed by atoms with Crippen LogP contribution in [0.4, 0.5) is 0 Å². The van der Waals surface area contributed by atoms with E-state index in [0.717, 1.165) is 38.8 Å². The van der Waals surface area contributed by atoms with E-state index in [2.05, 4.69) is 52.7 Å². The second-order valence-corrected chi connectivity index (χ2v) is 6.49. The molecule has 0 amide bonds. The molecule has 0 radical (unpaired) electrons. The number of hydrogen-bond donors (Lipinski definition) is 1. The van der Waals surface area contributed by atoms with Gasteiger partial charge in [0, 0.05) is 32.2 Å². The molecule has 3 heteroatoms. The third-order valence-corrected chi connectivity index (χ3v) is 4.80. The smallest absolute Gasteiger partial charge is 0.0826 e. The van der Waals surface area contributed by atoms with Gasteiger partial charge in [0.25, 0.3) is 0 Å². The number of nitrogens with zero attached hydrogens (tertiary/aromatic N) is 1. The number of hydrogen-bond acceptors (Lipinski definition) is 3. The molecule has 2 aliphatic rings. The molecule has 2 fully saturated rings. The van der Waals surface area contributed by atoms with E-state index in [1.807, 2.05) is 0 Å². The van der Waals surface area contributed by atoms with Crippen molar-refractivity contribution in [1.82, 2.24) is 10.2 Å². The summed E-state index contributed by atoms with van der Waals surface area (Å²) in [4.78, 5) is 2.60. The number of fused-ring (bicyclic) bond motifs is 1. The molecule has 0 spiro atoms. The Morgan fingerprint density at radius 2 is 1.95 bits per heavy atom. The lowest BCUT2D eigenvalue weighted by molar-refractivity contribution is -0.0301. The molecule has 1 N–H and O–H groups in total. The first-order valence-corrected chi connectivity index (χ1v) is 8.43. The molecule has 0 aromatic heterocycles. The molecule has 3 nitrogen and oxygen atoms in total. The van der Waals surface area contributed by atoms with Gasteiger partial charge in [0.05, 0.1) is 12.7 Å². The average molecular weight is 296 g/mol. The maximum Gasteiger partial charge on any atom is 0.0826 e. The summed E-state index contributed by atoms with van der Waals surface area (Å²) in [6.45, 7) is 4.94. The van der Waals surface area contributed by atoms with Crippen LogP contribution >= 0.6 is 0 Å². The number of ether oxygens (including phenoxy) is 1. The van der Waals surface area contributed by atoms with Gasteiger partial charge in [-0.25, -0.2) is 0 Å². The van der Waals surface area contributed by atoms with E-state index in [4.69, 9.17) is 4.74 Å². The topological polar surface area (TPSA) is 24.5 Å². The van der Waals surface area contributed by atoms with Crippen LogP contribution in [0.25, 0.3) is 10.8 Å². The highest BCUT2D eigenvalue weighted by Gasteiger charge is 2.32. The van der Waals surface area contributed by atoms with Gasteiger partial charge in [0.2, 0.25) is 0 Å². The summed E-state index contributed by atoms with van der Waals surface area (Å²) in [7, 11) is 0. The largest absolute Gasteiger partial charge is 0.374 e. The fourth-order valence-corrected chi connectivity index (χ4v) is 3.45. The van der Waals surface area contributed by atoms with Gasteiger partial charge in [-0.2, -0.15) is 0 Å². The Morgan fingerprint density at radius 3 is 2.86 bits per heavy atom. The minimum Gasteiger partial charge on any atom is -0.374 e. The van der Waals surface area contributed by atoms with Crippen LogP contribution in [0.1, 0.15) is 18.4 Å². The van der Waals surface area contributed by atoms with E-state index in [9.17, 15) is 0 Å². The molecule has 116 valence electrons. The summed E-state index contributed by atoms with van der Waals surface area (Å²) >= 11 is 0. The van der Waals surface area contributed by atoms with Crippen LogP contribution < -0.4 is 5.32 Å². The van der Waals surface area contributed by atoms with E-state index in [-0.39, 0.29) is 0 Å². The van der Waals surface area contributed by atoms with Crippen molar-refractivity contribution in [3.8, 4) is 0 Å². The summed E-state index contributed by atoms with van der Waals surface area (Å²) in [5.41, 5.74) is 1.37. The van der Waals surface area contributed by atoms with E-state index in [0.29, 0.717) is 6.10 Å². The molecule has 0 bridgehead atoms. The van der Waals surface area contributed by atoms with Crippen LogP contribution in [0.15, 0.2) is 42.5 Å². The third-order valence-electron chi connectivity index (χ3n) is 4.80. The van der Waals surface area contributed by atoms with Gasteiger partial charge >= 0.3 is 0 Å². The van der Waals surface area contributed by atoms with Gasteiger partial charge in [0.1, 0.15) is 0 Å². The predicted octanol–water partition coefficient (Wildman–Crippen LogP) is 2.79. The van der Waals surface area contributed by atoms with Crippen LogP contribution in [-0.4, -0.2) is 43.3 Å². The molecule has 1 unspecified atom stereocenters. The zero-order valence-electron chi connectivity index (χ0n) is 13.0. The van der Waals surface area contributed by atoms with E-state index in [1.54, 1.807) is 0 Å². The van der Waals surface area contributed by atoms with Crippen molar-refractivity contribution in [3.05, 3.63) is 48.0 Å². The quantitative estimate of drug-likeness (QED) is 0.918. The molecule has 1 aliphatic heterocycles. The molecule has 4 rings (SSSR count). The zero-order valence-corrected chi connectivity index (χ0v) is 13.0. The van der Waals surface area contributed by atoms with Gasteiger partial charge in [-0.05, 0) is 29.2 Å². The van der Waals surface area contributed by atoms with Crippen LogP contribution in [0.2, 0.25) is 0 Å². The van der Waals surface area contributed by atoms with Crippen LogP contribution in [-0.2, 0) is 11.3 Å². The molecule has 1 atom stereocenters. The Morgan fingerprint density at radius 1 is 1.09 bits per heavy atom. The standard InChI is InChI=1S/C19H24N2O/c1-2-7-19-15(4-1)5-3-6-16(19)12-20-13-18-14-21(10-11-22-18)17-8-9-17/h1-7,17-18,20H,8-14H2. The normalized spacial score (nSPS) is 23.0. The molecule has 1 saturated carbocycles. The molecule has 1 saturated heterocycles. The number of morpholine rings is 1. The van der Waals surface area contributed by atoms with Gasteiger partial charge in [-0.3, -0.25) is 4.90 Å². The SMILES string of the molecule is c1ccc2c(CNCC3CN(C4CC4)CCO3)cccc2c1. The van der Waals surface area contributed by atoms with E-state index >= 15 is 0 Å². The van der Waals surface area contributed by atoms with Crippen molar-refractivity contribution >= 4 is 10.8 Å². The van der Waals surface area contributed by atoms with E-state index in [1.165, 1.54) is 29.2 Å². The molecule has 2 aromatic rings. The average Bonchev–Trinajstić information content (AvgIpc) is 3.40. The second kappa shape index (κ2) is 6.37. The highest BCUT2D eigenvalue weighted by atomic mass is 16.5. The Bertz CT molecular complexity index is 633. The van der Waals surface area contributed by atoms with Gasteiger partial charge in [-0.15, -0.1) is 0 Å². The first-order chi connectivity index (χ1) is 10.9. The van der Waals surface area contributed by atoms with Crippen LogP contribution in [0.3, 0.4) is 0 Å². The Kier molecular flexibility index (Phi) is 4.11. The first kappa shape index (κ1) is 14.2. The Labute approximate surface area is 132 Å². The van der Waals surface area contributed by atoms with Gasteiger partial charge < -0.3 is 10.1 Å². The second-order valence-electron chi connectivity index (χ2n) is 6.49. The molecule has 1 heterocycles. The maximum atomic E-state index is 5.91. The minimum atomic E-state index is 0.337. The lowest BCUT2D eigenvalue weighted by atomic mass is 10.0. The summed E-state index contributed by atoms with van der Waals surface area (Å²) in [6, 6.07) is 16.0. The lowest BCUT2D eigenvalue weighted by Crippen LogP contribution is -2.47. The van der Waals surface area contributed by atoms with Crippen LogP contribution in [0, 0.1) is 0 Å². The highest BCUT2D eigenvalue weighted by Crippen LogP contribution is 2.28. The van der Waals surface area contributed by atoms with Crippen molar-refractivity contribution in [2.75, 3.05) is 26.2 Å². The Balaban J connectivity index is 1.34. The minimum absolute atomic E-state index is 0.337. The summed E-state index contributed by atoms with van der Waals surface area (Å²) in [5.74, 6) is 0. The monoisotopic (exact) mass is 296 g/mol. The van der Waals surface area contributed by atoms with Gasteiger partial charge in [0.15, 0.2) is 0 Å². The number of nitrogens with one attached hydrogen (secondary N) is 1. The van der Waals surface area contributed by atoms with Crippen LogP contribution in [0.5, 0.6) is 0 Å². The Hall–Kier alpha value is -1.42. The third kappa shape index (κ3) is 3.17.